The van der Waals surface area contributed by atoms with Crippen molar-refractivity contribution in [2.24, 2.45) is 0 Å². The Bertz CT molecular complexity index is 237. The first-order valence-electron chi connectivity index (χ1n) is 4.69. The molecule has 0 aromatic rings. The molecule has 0 saturated carbocycles. The topological polar surface area (TPSA) is 29.5 Å². The fourth-order valence-electron chi connectivity index (χ4n) is 1.15. The molecule has 1 amide bonds. The molecule has 0 bridgehead atoms. The van der Waals surface area contributed by atoms with Crippen LogP contribution >= 0.6 is 11.8 Å². The number of rotatable bonds is 2. The van der Waals surface area contributed by atoms with E-state index in [1.165, 1.54) is 4.90 Å². The summed E-state index contributed by atoms with van der Waals surface area (Å²) in [4.78, 5) is 12.8. The van der Waals surface area contributed by atoms with Gasteiger partial charge in [0, 0.05) is 18.3 Å². The van der Waals surface area contributed by atoms with Gasteiger partial charge in [0.25, 0.3) is 5.76 Å². The highest BCUT2D eigenvalue weighted by atomic mass is 32.2. The molecule has 1 saturated heterocycles. The molecule has 0 aromatic carbocycles. The zero-order valence-corrected chi connectivity index (χ0v) is 9.81. The summed E-state index contributed by atoms with van der Waals surface area (Å²) in [5.41, 5.74) is -0.530. The highest BCUT2D eigenvalue weighted by molar-refractivity contribution is 8.00. The van der Waals surface area contributed by atoms with Gasteiger partial charge >= 0.3 is 6.09 Å². The van der Waals surface area contributed by atoms with Gasteiger partial charge in [-0.05, 0) is 20.8 Å². The molecule has 15 heavy (non-hydrogen) atoms. The number of nitrogens with zero attached hydrogens (tertiary/aromatic N) is 1. The van der Waals surface area contributed by atoms with Crippen LogP contribution in [0.25, 0.3) is 0 Å². The van der Waals surface area contributed by atoms with E-state index in [9.17, 15) is 13.6 Å². The molecule has 1 aliphatic heterocycles. The third kappa shape index (κ3) is 4.24. The van der Waals surface area contributed by atoms with Crippen LogP contribution in [0.15, 0.2) is 0 Å². The van der Waals surface area contributed by atoms with Crippen molar-refractivity contribution in [3.63, 3.8) is 0 Å². The lowest BCUT2D eigenvalue weighted by Crippen LogP contribution is -2.53. The van der Waals surface area contributed by atoms with Crippen LogP contribution in [0.3, 0.4) is 0 Å². The maximum Gasteiger partial charge on any atom is 0.410 e. The molecule has 88 valence electrons. The number of likely N-dealkylation sites (tertiary alicyclic amines) is 1. The van der Waals surface area contributed by atoms with Crippen LogP contribution < -0.4 is 0 Å². The first kappa shape index (κ1) is 12.5. The minimum Gasteiger partial charge on any atom is -0.444 e. The number of amides is 1. The number of halogens is 2. The average molecular weight is 239 g/mol. The second-order valence-corrected chi connectivity index (χ2v) is 5.70. The minimum absolute atomic E-state index is 0.155. The molecule has 0 radical (unpaired) electrons. The lowest BCUT2D eigenvalue weighted by molar-refractivity contribution is 0.0141. The maximum absolute atomic E-state index is 11.9. The van der Waals surface area contributed by atoms with Gasteiger partial charge in [-0.25, -0.2) is 4.79 Å². The first-order chi connectivity index (χ1) is 6.78. The maximum atomic E-state index is 11.9. The Morgan fingerprint density at radius 3 is 2.40 bits per heavy atom. The quantitative estimate of drug-likeness (QED) is 0.741. The summed E-state index contributed by atoms with van der Waals surface area (Å²) in [6.07, 6.45) is -0.423. The van der Waals surface area contributed by atoms with E-state index < -0.39 is 17.5 Å². The van der Waals surface area contributed by atoms with Crippen molar-refractivity contribution in [3.05, 3.63) is 0 Å². The monoisotopic (exact) mass is 239 g/mol. The zero-order chi connectivity index (χ0) is 11.6. The van der Waals surface area contributed by atoms with Crippen LogP contribution in [-0.4, -0.2) is 40.7 Å². The fourth-order valence-corrected chi connectivity index (χ4v) is 1.97. The molecule has 3 nitrogen and oxygen atoms in total. The third-order valence-corrected chi connectivity index (χ3v) is 2.68. The van der Waals surface area contributed by atoms with Crippen LogP contribution in [0.4, 0.5) is 13.6 Å². The van der Waals surface area contributed by atoms with Gasteiger partial charge in [0.1, 0.15) is 5.60 Å². The number of hydrogen-bond donors (Lipinski definition) is 0. The van der Waals surface area contributed by atoms with Crippen LogP contribution in [0.5, 0.6) is 0 Å². The van der Waals surface area contributed by atoms with Crippen LogP contribution in [0.2, 0.25) is 0 Å². The fraction of sp³-hybridized carbons (Fsp3) is 0.889. The van der Waals surface area contributed by atoms with Gasteiger partial charge in [0.2, 0.25) is 0 Å². The van der Waals surface area contributed by atoms with Crippen LogP contribution in [0.1, 0.15) is 20.8 Å². The summed E-state index contributed by atoms with van der Waals surface area (Å²) in [6, 6.07) is 0. The molecular weight excluding hydrogens is 224 g/mol. The van der Waals surface area contributed by atoms with Crippen molar-refractivity contribution >= 4 is 17.9 Å². The van der Waals surface area contributed by atoms with E-state index in [0.29, 0.717) is 24.9 Å². The molecular formula is C9H15F2NO2S. The molecule has 0 aliphatic carbocycles. The zero-order valence-electron chi connectivity index (χ0n) is 9.00. The molecule has 0 N–H and O–H groups in total. The Hall–Kier alpha value is -0.520. The molecule has 1 aliphatic rings. The van der Waals surface area contributed by atoms with Gasteiger partial charge in [0.05, 0.1) is 0 Å². The normalized spacial score (nSPS) is 17.9. The van der Waals surface area contributed by atoms with Crippen LogP contribution in [-0.2, 0) is 4.74 Å². The smallest absolute Gasteiger partial charge is 0.410 e. The van der Waals surface area contributed by atoms with Gasteiger partial charge in [0.15, 0.2) is 0 Å². The van der Waals surface area contributed by atoms with E-state index in [1.807, 2.05) is 0 Å². The van der Waals surface area contributed by atoms with E-state index in [1.54, 1.807) is 20.8 Å². The summed E-state index contributed by atoms with van der Waals surface area (Å²) in [6.45, 7) is 6.02. The van der Waals surface area contributed by atoms with E-state index in [0.717, 1.165) is 0 Å². The number of ether oxygens (including phenoxy) is 1. The number of thioether (sulfide) groups is 1. The Morgan fingerprint density at radius 1 is 1.47 bits per heavy atom. The molecule has 0 spiro atoms. The number of alkyl halides is 2. The van der Waals surface area contributed by atoms with Gasteiger partial charge in [-0.15, -0.1) is 0 Å². The Balaban J connectivity index is 2.24. The van der Waals surface area contributed by atoms with Crippen molar-refractivity contribution in [1.29, 1.82) is 0 Å². The largest absolute Gasteiger partial charge is 0.444 e. The molecule has 0 atom stereocenters. The molecule has 0 unspecified atom stereocenters. The summed E-state index contributed by atoms with van der Waals surface area (Å²) >= 11 is 0.598. The Morgan fingerprint density at radius 2 is 2.00 bits per heavy atom. The van der Waals surface area contributed by atoms with Gasteiger partial charge in [-0.3, -0.25) is 0 Å². The summed E-state index contributed by atoms with van der Waals surface area (Å²) in [5.74, 6) is -2.37. The van der Waals surface area contributed by atoms with Crippen molar-refractivity contribution in [3.8, 4) is 0 Å². The first-order valence-corrected chi connectivity index (χ1v) is 5.64. The Labute approximate surface area is 92.1 Å². The van der Waals surface area contributed by atoms with E-state index in [4.69, 9.17) is 4.74 Å². The lowest BCUT2D eigenvalue weighted by atomic mass is 10.2. The minimum atomic E-state index is -2.37. The summed E-state index contributed by atoms with van der Waals surface area (Å²) in [5, 5.41) is -0.155. The summed E-state index contributed by atoms with van der Waals surface area (Å²) in [7, 11) is 0. The van der Waals surface area contributed by atoms with Crippen molar-refractivity contribution in [2.45, 2.75) is 37.4 Å². The SMILES string of the molecule is CC(C)(C)OC(=O)N1CC(SC(F)F)C1. The predicted octanol–water partition coefficient (Wildman–Crippen LogP) is 2.56. The van der Waals surface area contributed by atoms with Crippen LogP contribution in [0, 0.1) is 0 Å². The second kappa shape index (κ2) is 4.55. The number of carbonyl (C=O) groups excluding carboxylic acids is 1. The van der Waals surface area contributed by atoms with Crippen molar-refractivity contribution in [2.75, 3.05) is 13.1 Å². The number of hydrogen-bond acceptors (Lipinski definition) is 3. The molecule has 1 rings (SSSR count). The van der Waals surface area contributed by atoms with Crippen molar-refractivity contribution < 1.29 is 18.3 Å². The predicted molar refractivity (Wildman–Crippen MR) is 55.2 cm³/mol. The van der Waals surface area contributed by atoms with E-state index in [2.05, 4.69) is 0 Å². The van der Waals surface area contributed by atoms with E-state index in [-0.39, 0.29) is 5.25 Å². The van der Waals surface area contributed by atoms with Gasteiger partial charge in [-0.1, -0.05) is 11.8 Å². The second-order valence-electron chi connectivity index (χ2n) is 4.40. The summed E-state index contributed by atoms with van der Waals surface area (Å²) < 4.78 is 29.0. The van der Waals surface area contributed by atoms with Gasteiger partial charge in [-0.2, -0.15) is 8.78 Å². The standard InChI is InChI=1S/C9H15F2NO2S/c1-9(2,3)14-8(13)12-4-6(5-12)15-7(10)11/h6-7H,4-5H2,1-3H3. The average Bonchev–Trinajstić information content (AvgIpc) is 1.91. The Kier molecular flexibility index (Phi) is 3.81. The molecule has 0 aromatic heterocycles. The van der Waals surface area contributed by atoms with E-state index >= 15 is 0 Å². The molecule has 1 fully saturated rings. The highest BCUT2D eigenvalue weighted by Crippen LogP contribution is 2.28. The third-order valence-electron chi connectivity index (χ3n) is 1.80. The van der Waals surface area contributed by atoms with Crippen molar-refractivity contribution in [1.82, 2.24) is 4.90 Å². The highest BCUT2D eigenvalue weighted by Gasteiger charge is 2.35. The molecule has 6 heteroatoms. The molecule has 1 heterocycles. The van der Waals surface area contributed by atoms with Gasteiger partial charge < -0.3 is 9.64 Å². The lowest BCUT2D eigenvalue weighted by Gasteiger charge is -2.39. The number of carbonyl (C=O) groups is 1.